The molecule has 206 valence electrons. The van der Waals surface area contributed by atoms with Gasteiger partial charge in [-0.15, -0.1) is 0 Å². The first-order chi connectivity index (χ1) is 18.4. The van der Waals surface area contributed by atoms with Crippen LogP contribution in [0, 0.1) is 0 Å². The number of nitrogens with one attached hydrogen (secondary N) is 2. The summed E-state index contributed by atoms with van der Waals surface area (Å²) in [6.07, 6.45) is 0. The van der Waals surface area contributed by atoms with Crippen LogP contribution in [0.1, 0.15) is 11.1 Å². The highest BCUT2D eigenvalue weighted by Gasteiger charge is 2.46. The second kappa shape index (κ2) is 13.3. The number of carboxylic acids is 2. The van der Waals surface area contributed by atoms with Gasteiger partial charge in [-0.3, -0.25) is 9.80 Å². The van der Waals surface area contributed by atoms with E-state index in [9.17, 15) is 0 Å². The van der Waals surface area contributed by atoms with Crippen LogP contribution >= 0.6 is 0 Å². The van der Waals surface area contributed by atoms with Crippen molar-refractivity contribution in [2.75, 3.05) is 65.7 Å². The van der Waals surface area contributed by atoms with Crippen LogP contribution in [-0.4, -0.2) is 109 Å². The maximum atomic E-state index is 9.10. The summed E-state index contributed by atoms with van der Waals surface area (Å²) >= 11 is 0. The Morgan fingerprint density at radius 2 is 1.05 bits per heavy atom. The van der Waals surface area contributed by atoms with Gasteiger partial charge in [-0.05, 0) is 11.1 Å². The summed E-state index contributed by atoms with van der Waals surface area (Å²) in [6.45, 7) is 12.2. The zero-order chi connectivity index (χ0) is 26.8. The molecule has 4 N–H and O–H groups in total. The second-order valence-corrected chi connectivity index (χ2v) is 10.2. The van der Waals surface area contributed by atoms with Gasteiger partial charge in [-0.2, -0.15) is 0 Å². The molecule has 0 aromatic heterocycles. The van der Waals surface area contributed by atoms with Crippen molar-refractivity contribution < 1.29 is 29.3 Å². The summed E-state index contributed by atoms with van der Waals surface area (Å²) in [6, 6.07) is 21.4. The van der Waals surface area contributed by atoms with Crippen molar-refractivity contribution in [1.82, 2.24) is 20.4 Å². The first kappa shape index (κ1) is 28.2. The number of hydrogen-bond acceptors (Lipinski definition) is 8. The highest BCUT2D eigenvalue weighted by Crippen LogP contribution is 2.29. The number of aliphatic carboxylic acids is 2. The monoisotopic (exact) mass is 526 g/mol. The van der Waals surface area contributed by atoms with Crippen molar-refractivity contribution in [2.24, 2.45) is 0 Å². The molecule has 6 rings (SSSR count). The number of piperazine rings is 2. The molecule has 38 heavy (non-hydrogen) atoms. The van der Waals surface area contributed by atoms with E-state index in [2.05, 4.69) is 81.1 Å². The minimum atomic E-state index is -1.82. The van der Waals surface area contributed by atoms with E-state index in [1.165, 1.54) is 11.1 Å². The molecule has 0 unspecified atom stereocenters. The number of carboxylic acid groups (broad SMARTS) is 2. The third kappa shape index (κ3) is 7.16. The lowest BCUT2D eigenvalue weighted by Gasteiger charge is -2.52. The molecule has 2 spiro atoms. The number of carbonyl (C=O) groups is 2. The van der Waals surface area contributed by atoms with Gasteiger partial charge in [0.1, 0.15) is 0 Å². The fourth-order valence-electron chi connectivity index (χ4n) is 5.11. The molecule has 0 radical (unpaired) electrons. The van der Waals surface area contributed by atoms with E-state index in [1.807, 2.05) is 0 Å². The SMILES string of the molecule is O=C(O)C(=O)O.c1ccc(CN2CCNCC23COC3)cc1.c1ccc(CN2CCNCC23COC3)cc1. The first-order valence-corrected chi connectivity index (χ1v) is 13.0. The average Bonchev–Trinajstić information content (AvgIpc) is 2.89. The van der Waals surface area contributed by atoms with Gasteiger partial charge in [0.05, 0.1) is 37.5 Å². The number of benzene rings is 2. The van der Waals surface area contributed by atoms with E-state index in [0.717, 1.165) is 78.8 Å². The van der Waals surface area contributed by atoms with Gasteiger partial charge in [0.2, 0.25) is 0 Å². The Morgan fingerprint density at radius 3 is 1.34 bits per heavy atom. The van der Waals surface area contributed by atoms with Gasteiger partial charge >= 0.3 is 11.9 Å². The molecule has 0 atom stereocenters. The van der Waals surface area contributed by atoms with Gasteiger partial charge < -0.3 is 30.3 Å². The lowest BCUT2D eigenvalue weighted by atomic mass is 9.92. The highest BCUT2D eigenvalue weighted by molar-refractivity contribution is 6.27. The number of rotatable bonds is 4. The fourth-order valence-corrected chi connectivity index (χ4v) is 5.11. The van der Waals surface area contributed by atoms with E-state index in [0.29, 0.717) is 0 Å². The van der Waals surface area contributed by atoms with Crippen molar-refractivity contribution in [3.05, 3.63) is 71.8 Å². The molecule has 4 aliphatic heterocycles. The van der Waals surface area contributed by atoms with Crippen molar-refractivity contribution in [1.29, 1.82) is 0 Å². The summed E-state index contributed by atoms with van der Waals surface area (Å²) in [7, 11) is 0. The minimum absolute atomic E-state index is 0.272. The normalized spacial score (nSPS) is 21.6. The molecule has 4 fully saturated rings. The zero-order valence-electron chi connectivity index (χ0n) is 21.7. The van der Waals surface area contributed by atoms with Crippen LogP contribution in [0.25, 0.3) is 0 Å². The number of hydrogen-bond donors (Lipinski definition) is 4. The van der Waals surface area contributed by atoms with Gasteiger partial charge in [-0.1, -0.05) is 60.7 Å². The van der Waals surface area contributed by atoms with Crippen LogP contribution in [0.3, 0.4) is 0 Å². The third-order valence-electron chi connectivity index (χ3n) is 7.47. The molecule has 10 nitrogen and oxygen atoms in total. The lowest BCUT2D eigenvalue weighted by molar-refractivity contribution is -0.159. The van der Waals surface area contributed by atoms with Crippen LogP contribution in [-0.2, 0) is 32.2 Å². The Hall–Kier alpha value is -2.86. The highest BCUT2D eigenvalue weighted by atomic mass is 16.5. The van der Waals surface area contributed by atoms with Gasteiger partial charge in [0.15, 0.2) is 0 Å². The van der Waals surface area contributed by atoms with Gasteiger partial charge in [0.25, 0.3) is 0 Å². The molecule has 0 aliphatic carbocycles. The van der Waals surface area contributed by atoms with Gasteiger partial charge in [-0.25, -0.2) is 9.59 Å². The average molecular weight is 527 g/mol. The summed E-state index contributed by atoms with van der Waals surface area (Å²) in [5, 5.41) is 21.7. The van der Waals surface area contributed by atoms with Crippen LogP contribution < -0.4 is 10.6 Å². The van der Waals surface area contributed by atoms with Crippen molar-refractivity contribution >= 4 is 11.9 Å². The summed E-state index contributed by atoms with van der Waals surface area (Å²) < 4.78 is 10.8. The molecule has 10 heteroatoms. The summed E-state index contributed by atoms with van der Waals surface area (Å²) in [5.41, 5.74) is 3.34. The molecule has 4 heterocycles. The van der Waals surface area contributed by atoms with Crippen molar-refractivity contribution in [2.45, 2.75) is 24.2 Å². The number of nitrogens with zero attached hydrogens (tertiary/aromatic N) is 2. The molecule has 2 aromatic carbocycles. The van der Waals surface area contributed by atoms with E-state index in [1.54, 1.807) is 0 Å². The second-order valence-electron chi connectivity index (χ2n) is 10.2. The van der Waals surface area contributed by atoms with Crippen molar-refractivity contribution in [3.63, 3.8) is 0 Å². The lowest BCUT2D eigenvalue weighted by Crippen LogP contribution is -2.70. The summed E-state index contributed by atoms with van der Waals surface area (Å²) in [5.74, 6) is -3.65. The third-order valence-corrected chi connectivity index (χ3v) is 7.47. The fraction of sp³-hybridized carbons (Fsp3) is 0.500. The van der Waals surface area contributed by atoms with E-state index >= 15 is 0 Å². The standard InChI is InChI=1S/2C13H18N2O.C2H2O4/c2*1-2-4-12(5-3-1)8-15-7-6-14-9-13(15)10-16-11-13;3-1(4)2(5)6/h2*1-5,14H,6-11H2;(H,3,4)(H,5,6). The largest absolute Gasteiger partial charge is 0.473 e. The molecular weight excluding hydrogens is 488 g/mol. The first-order valence-electron chi connectivity index (χ1n) is 13.0. The van der Waals surface area contributed by atoms with Gasteiger partial charge in [0, 0.05) is 52.4 Å². The molecule has 4 saturated heterocycles. The summed E-state index contributed by atoms with van der Waals surface area (Å²) in [4.78, 5) is 23.3. The van der Waals surface area contributed by atoms with E-state index in [4.69, 9.17) is 29.3 Å². The van der Waals surface area contributed by atoms with Crippen LogP contribution in [0.15, 0.2) is 60.7 Å². The Balaban J connectivity index is 0.000000147. The van der Waals surface area contributed by atoms with E-state index < -0.39 is 11.9 Å². The van der Waals surface area contributed by atoms with Crippen LogP contribution in [0.2, 0.25) is 0 Å². The topological polar surface area (TPSA) is 124 Å². The smallest absolute Gasteiger partial charge is 0.414 e. The molecule has 4 aliphatic rings. The quantitative estimate of drug-likeness (QED) is 0.427. The molecule has 2 aromatic rings. The van der Waals surface area contributed by atoms with Crippen molar-refractivity contribution in [3.8, 4) is 0 Å². The maximum Gasteiger partial charge on any atom is 0.414 e. The van der Waals surface area contributed by atoms with Crippen LogP contribution in [0.4, 0.5) is 0 Å². The minimum Gasteiger partial charge on any atom is -0.473 e. The molecule has 0 amide bonds. The Bertz CT molecular complexity index is 947. The predicted octanol–water partition coefficient (Wildman–Crippen LogP) is 0.877. The Kier molecular flexibility index (Phi) is 9.84. The maximum absolute atomic E-state index is 9.10. The van der Waals surface area contributed by atoms with Crippen LogP contribution in [0.5, 0.6) is 0 Å². The predicted molar refractivity (Wildman–Crippen MR) is 142 cm³/mol. The zero-order valence-corrected chi connectivity index (χ0v) is 21.7. The molecular formula is C28H38N4O6. The Morgan fingerprint density at radius 1 is 0.684 bits per heavy atom. The van der Waals surface area contributed by atoms with E-state index in [-0.39, 0.29) is 11.1 Å². The molecule has 0 saturated carbocycles. The Labute approximate surface area is 223 Å². The number of ether oxygens (including phenoxy) is 2. The molecule has 0 bridgehead atoms.